The second-order valence-electron chi connectivity index (χ2n) is 4.10. The Bertz CT molecular complexity index is 399. The minimum atomic E-state index is -0.915. The Morgan fingerprint density at radius 3 is 2.82 bits per heavy atom. The maximum Gasteiger partial charge on any atom is 0.347 e. The van der Waals surface area contributed by atoms with E-state index >= 15 is 0 Å². The SMILES string of the molecule is COCc1nc(CN2CCCC2)sc1C(=O)O. The predicted molar refractivity (Wildman–Crippen MR) is 64.3 cm³/mol. The van der Waals surface area contributed by atoms with Crippen LogP contribution in [0.15, 0.2) is 0 Å². The molecule has 5 nitrogen and oxygen atoms in total. The number of ether oxygens (including phenoxy) is 1. The van der Waals surface area contributed by atoms with Crippen LogP contribution in [-0.4, -0.2) is 41.2 Å². The molecule has 6 heteroatoms. The first-order chi connectivity index (χ1) is 8.20. The van der Waals surface area contributed by atoms with Gasteiger partial charge in [-0.1, -0.05) is 0 Å². The highest BCUT2D eigenvalue weighted by atomic mass is 32.1. The van der Waals surface area contributed by atoms with E-state index < -0.39 is 5.97 Å². The number of aromatic nitrogens is 1. The quantitative estimate of drug-likeness (QED) is 0.866. The molecule has 0 bridgehead atoms. The minimum absolute atomic E-state index is 0.262. The molecule has 94 valence electrons. The third kappa shape index (κ3) is 3.02. The minimum Gasteiger partial charge on any atom is -0.477 e. The van der Waals surface area contributed by atoms with E-state index in [-0.39, 0.29) is 6.61 Å². The Morgan fingerprint density at radius 2 is 2.24 bits per heavy atom. The molecule has 0 radical (unpaired) electrons. The first-order valence-corrected chi connectivity index (χ1v) is 6.45. The van der Waals surface area contributed by atoms with Gasteiger partial charge in [0, 0.05) is 7.11 Å². The second-order valence-corrected chi connectivity index (χ2v) is 5.19. The van der Waals surface area contributed by atoms with Crippen LogP contribution in [0.25, 0.3) is 0 Å². The van der Waals surface area contributed by atoms with E-state index in [4.69, 9.17) is 9.84 Å². The smallest absolute Gasteiger partial charge is 0.347 e. The van der Waals surface area contributed by atoms with Crippen molar-refractivity contribution in [1.29, 1.82) is 0 Å². The number of carbonyl (C=O) groups is 1. The van der Waals surface area contributed by atoms with E-state index in [0.29, 0.717) is 10.6 Å². The lowest BCUT2D eigenvalue weighted by Crippen LogP contribution is -2.18. The summed E-state index contributed by atoms with van der Waals surface area (Å²) in [5.41, 5.74) is 0.541. The molecule has 0 atom stereocenters. The third-order valence-corrected chi connectivity index (χ3v) is 3.84. The zero-order chi connectivity index (χ0) is 12.3. The average Bonchev–Trinajstić information content (AvgIpc) is 2.89. The van der Waals surface area contributed by atoms with Crippen molar-refractivity contribution in [3.63, 3.8) is 0 Å². The summed E-state index contributed by atoms with van der Waals surface area (Å²) in [4.78, 5) is 18.0. The molecule has 1 aromatic heterocycles. The molecular formula is C11H16N2O3S. The van der Waals surface area contributed by atoms with Gasteiger partial charge in [0.1, 0.15) is 9.88 Å². The second kappa shape index (κ2) is 5.57. The number of methoxy groups -OCH3 is 1. The van der Waals surface area contributed by atoms with Crippen molar-refractivity contribution in [2.45, 2.75) is 26.0 Å². The fraction of sp³-hybridized carbons (Fsp3) is 0.636. The van der Waals surface area contributed by atoms with Gasteiger partial charge in [0.2, 0.25) is 0 Å². The highest BCUT2D eigenvalue weighted by molar-refractivity contribution is 7.13. The Balaban J connectivity index is 2.11. The van der Waals surface area contributed by atoms with E-state index in [1.807, 2.05) is 0 Å². The van der Waals surface area contributed by atoms with Crippen molar-refractivity contribution >= 4 is 17.3 Å². The van der Waals surface area contributed by atoms with Crippen LogP contribution in [0.2, 0.25) is 0 Å². The number of carboxylic acids is 1. The highest BCUT2D eigenvalue weighted by Gasteiger charge is 2.19. The van der Waals surface area contributed by atoms with Gasteiger partial charge < -0.3 is 9.84 Å². The van der Waals surface area contributed by atoms with E-state index in [2.05, 4.69) is 9.88 Å². The summed E-state index contributed by atoms with van der Waals surface area (Å²) in [7, 11) is 1.55. The summed E-state index contributed by atoms with van der Waals surface area (Å²) in [6, 6.07) is 0. The summed E-state index contributed by atoms with van der Waals surface area (Å²) < 4.78 is 4.97. The Hall–Kier alpha value is -0.980. The van der Waals surface area contributed by atoms with Crippen molar-refractivity contribution in [2.24, 2.45) is 0 Å². The van der Waals surface area contributed by atoms with Gasteiger partial charge in [0.15, 0.2) is 0 Å². The Kier molecular flexibility index (Phi) is 4.09. The zero-order valence-electron chi connectivity index (χ0n) is 9.81. The van der Waals surface area contributed by atoms with Crippen molar-refractivity contribution in [2.75, 3.05) is 20.2 Å². The number of hydrogen-bond acceptors (Lipinski definition) is 5. The molecule has 1 aliphatic heterocycles. The van der Waals surface area contributed by atoms with Crippen LogP contribution in [-0.2, 0) is 17.9 Å². The molecule has 2 heterocycles. The van der Waals surface area contributed by atoms with E-state index in [1.165, 1.54) is 24.2 Å². The van der Waals surface area contributed by atoms with Crippen LogP contribution in [0, 0.1) is 0 Å². The zero-order valence-corrected chi connectivity index (χ0v) is 10.6. The maximum atomic E-state index is 11.0. The number of thiazole rings is 1. The van der Waals surface area contributed by atoms with E-state index in [9.17, 15) is 4.79 Å². The monoisotopic (exact) mass is 256 g/mol. The molecule has 17 heavy (non-hydrogen) atoms. The molecule has 0 amide bonds. The molecule has 1 N–H and O–H groups in total. The number of rotatable bonds is 5. The van der Waals surface area contributed by atoms with Crippen molar-refractivity contribution in [1.82, 2.24) is 9.88 Å². The summed E-state index contributed by atoms with van der Waals surface area (Å²) in [5.74, 6) is -0.915. The molecule has 2 rings (SSSR count). The van der Waals surface area contributed by atoms with Gasteiger partial charge >= 0.3 is 5.97 Å². The fourth-order valence-corrected chi connectivity index (χ4v) is 2.95. The van der Waals surface area contributed by atoms with Gasteiger partial charge in [-0.2, -0.15) is 0 Å². The van der Waals surface area contributed by atoms with Gasteiger partial charge in [-0.15, -0.1) is 11.3 Å². The molecule has 1 aliphatic rings. The van der Waals surface area contributed by atoms with Gasteiger partial charge in [-0.05, 0) is 25.9 Å². The largest absolute Gasteiger partial charge is 0.477 e. The molecule has 0 unspecified atom stereocenters. The van der Waals surface area contributed by atoms with Crippen molar-refractivity contribution in [3.8, 4) is 0 Å². The molecule has 0 aliphatic carbocycles. The number of aromatic carboxylic acids is 1. The van der Waals surface area contributed by atoms with E-state index in [0.717, 1.165) is 24.6 Å². The number of hydrogen-bond donors (Lipinski definition) is 1. The fourth-order valence-electron chi connectivity index (χ4n) is 2.00. The van der Waals surface area contributed by atoms with Crippen LogP contribution in [0.3, 0.4) is 0 Å². The number of likely N-dealkylation sites (tertiary alicyclic amines) is 1. The maximum absolute atomic E-state index is 11.0. The summed E-state index contributed by atoms with van der Waals surface area (Å²) in [5, 5.41) is 9.94. The van der Waals surface area contributed by atoms with Crippen LogP contribution in [0.1, 0.15) is 33.2 Å². The first-order valence-electron chi connectivity index (χ1n) is 5.64. The average molecular weight is 256 g/mol. The molecule has 1 aromatic rings. The van der Waals surface area contributed by atoms with Gasteiger partial charge in [0.25, 0.3) is 0 Å². The van der Waals surface area contributed by atoms with Crippen LogP contribution < -0.4 is 0 Å². The van der Waals surface area contributed by atoms with Crippen LogP contribution >= 0.6 is 11.3 Å². The predicted octanol–water partition coefficient (Wildman–Crippen LogP) is 1.58. The van der Waals surface area contributed by atoms with Crippen molar-refractivity contribution in [3.05, 3.63) is 15.6 Å². The lowest BCUT2D eigenvalue weighted by Gasteiger charge is -2.11. The third-order valence-electron chi connectivity index (χ3n) is 2.77. The normalized spacial score (nSPS) is 16.5. The number of nitrogens with zero attached hydrogens (tertiary/aromatic N) is 2. The topological polar surface area (TPSA) is 62.7 Å². The van der Waals surface area contributed by atoms with Gasteiger partial charge in [-0.3, -0.25) is 4.90 Å². The number of carboxylic acid groups (broad SMARTS) is 1. The molecular weight excluding hydrogens is 240 g/mol. The molecule has 0 saturated carbocycles. The van der Waals surface area contributed by atoms with E-state index in [1.54, 1.807) is 7.11 Å². The Morgan fingerprint density at radius 1 is 1.53 bits per heavy atom. The molecule has 0 spiro atoms. The highest BCUT2D eigenvalue weighted by Crippen LogP contribution is 2.22. The summed E-state index contributed by atoms with van der Waals surface area (Å²) >= 11 is 1.26. The Labute approximate surface area is 104 Å². The first kappa shape index (κ1) is 12.5. The molecule has 0 aromatic carbocycles. The van der Waals surface area contributed by atoms with Crippen molar-refractivity contribution < 1.29 is 14.6 Å². The summed E-state index contributed by atoms with van der Waals surface area (Å²) in [6.45, 7) is 3.19. The van der Waals surface area contributed by atoms with Gasteiger partial charge in [-0.25, -0.2) is 9.78 Å². The summed E-state index contributed by atoms with van der Waals surface area (Å²) in [6.07, 6.45) is 2.45. The standard InChI is InChI=1S/C11H16N2O3S/c1-16-7-8-10(11(14)15)17-9(12-8)6-13-4-2-3-5-13/h2-7H2,1H3,(H,14,15). The molecule has 1 fully saturated rings. The lowest BCUT2D eigenvalue weighted by atomic mass is 10.4. The van der Waals surface area contributed by atoms with Crippen LogP contribution in [0.5, 0.6) is 0 Å². The lowest BCUT2D eigenvalue weighted by molar-refractivity contribution is 0.0697. The van der Waals surface area contributed by atoms with Gasteiger partial charge in [0.05, 0.1) is 18.8 Å². The molecule has 1 saturated heterocycles. The van der Waals surface area contributed by atoms with Crippen LogP contribution in [0.4, 0.5) is 0 Å².